The Morgan fingerprint density at radius 3 is 2.70 bits per heavy atom. The fraction of sp³-hybridized carbons (Fsp3) is 1.00. The van der Waals surface area contributed by atoms with Gasteiger partial charge in [0.1, 0.15) is 0 Å². The van der Waals surface area contributed by atoms with E-state index in [0.717, 1.165) is 5.92 Å². The average molecular weight is 177 g/mol. The van der Waals surface area contributed by atoms with Crippen LogP contribution in [-0.2, 0) is 0 Å². The smallest absolute Gasteiger partial charge is 0.00236 e. The summed E-state index contributed by atoms with van der Waals surface area (Å²) < 4.78 is 0. The van der Waals surface area contributed by atoms with Crippen LogP contribution in [-0.4, -0.2) is 36.6 Å². The predicted octanol–water partition coefficient (Wildman–Crippen LogP) is 1.30. The summed E-state index contributed by atoms with van der Waals surface area (Å²) in [4.78, 5) is 0. The molecule has 1 saturated heterocycles. The molecule has 1 aliphatic rings. The van der Waals surface area contributed by atoms with Gasteiger partial charge in [-0.2, -0.15) is 23.5 Å². The van der Waals surface area contributed by atoms with E-state index in [1.807, 2.05) is 11.8 Å². The zero-order valence-electron chi connectivity index (χ0n) is 6.43. The molecule has 0 radical (unpaired) electrons. The third kappa shape index (κ3) is 3.17. The van der Waals surface area contributed by atoms with Gasteiger partial charge in [0, 0.05) is 11.5 Å². The van der Waals surface area contributed by atoms with Crippen molar-refractivity contribution in [1.29, 1.82) is 0 Å². The molecule has 60 valence electrons. The highest BCUT2D eigenvalue weighted by molar-refractivity contribution is 8.02. The number of nitrogens with one attached hydrogen (secondary N) is 1. The summed E-state index contributed by atoms with van der Waals surface area (Å²) in [5.74, 6) is 4.99. The summed E-state index contributed by atoms with van der Waals surface area (Å²) in [7, 11) is 0. The van der Waals surface area contributed by atoms with Gasteiger partial charge in [-0.15, -0.1) is 0 Å². The van der Waals surface area contributed by atoms with Gasteiger partial charge in [-0.1, -0.05) is 0 Å². The van der Waals surface area contributed by atoms with Crippen molar-refractivity contribution in [2.75, 3.05) is 36.6 Å². The van der Waals surface area contributed by atoms with Crippen molar-refractivity contribution >= 4 is 23.5 Å². The van der Waals surface area contributed by atoms with Crippen LogP contribution < -0.4 is 5.32 Å². The first-order valence-corrected chi connectivity index (χ1v) is 6.25. The van der Waals surface area contributed by atoms with Crippen molar-refractivity contribution in [3.63, 3.8) is 0 Å². The molecule has 0 aromatic heterocycles. The lowest BCUT2D eigenvalue weighted by Crippen LogP contribution is -2.43. The molecule has 0 aliphatic carbocycles. The van der Waals surface area contributed by atoms with Crippen LogP contribution >= 0.6 is 23.5 Å². The van der Waals surface area contributed by atoms with Crippen LogP contribution in [0.4, 0.5) is 0 Å². The molecular formula is C7H15NS2. The van der Waals surface area contributed by atoms with Crippen molar-refractivity contribution < 1.29 is 0 Å². The third-order valence-electron chi connectivity index (χ3n) is 1.65. The minimum atomic E-state index is 0.979. The molecule has 0 saturated carbocycles. The van der Waals surface area contributed by atoms with Crippen LogP contribution in [0.3, 0.4) is 0 Å². The number of hydrogen-bond acceptors (Lipinski definition) is 3. The molecule has 0 bridgehead atoms. The lowest BCUT2D eigenvalue weighted by molar-refractivity contribution is 0.385. The maximum atomic E-state index is 3.28. The van der Waals surface area contributed by atoms with Crippen LogP contribution in [0, 0.1) is 5.92 Å². The van der Waals surface area contributed by atoms with Gasteiger partial charge >= 0.3 is 0 Å². The first-order valence-electron chi connectivity index (χ1n) is 3.71. The lowest BCUT2D eigenvalue weighted by Gasteiger charge is -2.26. The minimum absolute atomic E-state index is 0.979. The molecule has 10 heavy (non-hydrogen) atoms. The first-order chi connectivity index (χ1) is 4.93. The van der Waals surface area contributed by atoms with E-state index in [-0.39, 0.29) is 0 Å². The van der Waals surface area contributed by atoms with E-state index in [0.29, 0.717) is 0 Å². The van der Waals surface area contributed by atoms with Crippen molar-refractivity contribution in [3.05, 3.63) is 0 Å². The maximum Gasteiger partial charge on any atom is 0.00236 e. The topological polar surface area (TPSA) is 12.0 Å². The molecule has 1 nitrogen and oxygen atoms in total. The Morgan fingerprint density at radius 1 is 1.40 bits per heavy atom. The Bertz CT molecular complexity index is 83.7. The van der Waals surface area contributed by atoms with Crippen LogP contribution in [0.2, 0.25) is 0 Å². The second kappa shape index (κ2) is 5.33. The van der Waals surface area contributed by atoms with Gasteiger partial charge in [-0.05, 0) is 31.0 Å². The Labute approximate surface area is 71.7 Å². The molecule has 1 aliphatic heterocycles. The van der Waals surface area contributed by atoms with Crippen molar-refractivity contribution in [2.24, 2.45) is 5.92 Å². The Morgan fingerprint density at radius 2 is 2.20 bits per heavy atom. The molecule has 1 fully saturated rings. The minimum Gasteiger partial charge on any atom is -0.316 e. The van der Waals surface area contributed by atoms with E-state index in [1.54, 1.807) is 0 Å². The highest BCUT2D eigenvalue weighted by Gasteiger charge is 2.15. The fourth-order valence-electron chi connectivity index (χ4n) is 0.859. The largest absolute Gasteiger partial charge is 0.316 e. The summed E-state index contributed by atoms with van der Waals surface area (Å²) in [6.45, 7) is 2.51. The standard InChI is InChI=1S/C7H15NS2/c1-9-2-3-10-6-7-4-8-5-7/h7-8H,2-6H2,1H3. The van der Waals surface area contributed by atoms with Gasteiger partial charge in [-0.25, -0.2) is 0 Å². The van der Waals surface area contributed by atoms with Gasteiger partial charge in [0.2, 0.25) is 0 Å². The molecule has 0 spiro atoms. The lowest BCUT2D eigenvalue weighted by atomic mass is 10.1. The molecule has 1 heterocycles. The molecular weight excluding hydrogens is 162 g/mol. The molecule has 1 rings (SSSR count). The second-order valence-corrected chi connectivity index (χ2v) is 4.73. The predicted molar refractivity (Wildman–Crippen MR) is 52.1 cm³/mol. The quantitative estimate of drug-likeness (QED) is 0.636. The van der Waals surface area contributed by atoms with Gasteiger partial charge in [-0.3, -0.25) is 0 Å². The Balaban J connectivity index is 1.76. The molecule has 0 aromatic rings. The van der Waals surface area contributed by atoms with Crippen molar-refractivity contribution in [1.82, 2.24) is 5.32 Å². The van der Waals surface area contributed by atoms with Crippen molar-refractivity contribution in [3.8, 4) is 0 Å². The van der Waals surface area contributed by atoms with E-state index in [2.05, 4.69) is 23.3 Å². The van der Waals surface area contributed by atoms with Gasteiger partial charge in [0.25, 0.3) is 0 Å². The van der Waals surface area contributed by atoms with Crippen LogP contribution in [0.15, 0.2) is 0 Å². The SMILES string of the molecule is CSCCSCC1CNC1. The highest BCUT2D eigenvalue weighted by Crippen LogP contribution is 2.12. The summed E-state index contributed by atoms with van der Waals surface area (Å²) in [6.07, 6.45) is 2.17. The van der Waals surface area contributed by atoms with Crippen molar-refractivity contribution in [2.45, 2.75) is 0 Å². The maximum absolute atomic E-state index is 3.28. The second-order valence-electron chi connectivity index (χ2n) is 2.59. The molecule has 0 amide bonds. The highest BCUT2D eigenvalue weighted by atomic mass is 32.2. The molecule has 3 heteroatoms. The van der Waals surface area contributed by atoms with Crippen LogP contribution in [0.5, 0.6) is 0 Å². The molecule has 0 aromatic carbocycles. The third-order valence-corrected chi connectivity index (χ3v) is 3.72. The monoisotopic (exact) mass is 177 g/mol. The van der Waals surface area contributed by atoms with E-state index in [4.69, 9.17) is 0 Å². The molecule has 0 atom stereocenters. The summed E-state index contributed by atoms with van der Waals surface area (Å²) in [5.41, 5.74) is 0. The average Bonchev–Trinajstić information content (AvgIpc) is 1.84. The van der Waals surface area contributed by atoms with Gasteiger partial charge in [0.15, 0.2) is 0 Å². The fourth-order valence-corrected chi connectivity index (χ4v) is 2.73. The first kappa shape index (κ1) is 8.75. The summed E-state index contributed by atoms with van der Waals surface area (Å²) >= 11 is 4.04. The van der Waals surface area contributed by atoms with Gasteiger partial charge in [0.05, 0.1) is 0 Å². The molecule has 1 N–H and O–H groups in total. The zero-order valence-corrected chi connectivity index (χ0v) is 8.06. The summed E-state index contributed by atoms with van der Waals surface area (Å²) in [5, 5.41) is 3.28. The summed E-state index contributed by atoms with van der Waals surface area (Å²) in [6, 6.07) is 0. The molecule has 0 unspecified atom stereocenters. The Hall–Kier alpha value is 0.660. The van der Waals surface area contributed by atoms with E-state index < -0.39 is 0 Å². The van der Waals surface area contributed by atoms with E-state index in [9.17, 15) is 0 Å². The number of thioether (sulfide) groups is 2. The van der Waals surface area contributed by atoms with E-state index >= 15 is 0 Å². The van der Waals surface area contributed by atoms with Crippen LogP contribution in [0.1, 0.15) is 0 Å². The zero-order chi connectivity index (χ0) is 7.23. The van der Waals surface area contributed by atoms with E-state index in [1.165, 1.54) is 30.3 Å². The van der Waals surface area contributed by atoms with Gasteiger partial charge < -0.3 is 5.32 Å². The normalized spacial score (nSPS) is 18.9. The number of rotatable bonds is 5. The number of hydrogen-bond donors (Lipinski definition) is 1. The Kier molecular flexibility index (Phi) is 4.66. The van der Waals surface area contributed by atoms with Crippen LogP contribution in [0.25, 0.3) is 0 Å².